The molecule has 0 saturated heterocycles. The van der Waals surface area contributed by atoms with E-state index in [9.17, 15) is 4.79 Å². The Bertz CT molecular complexity index is 397. The third-order valence-electron chi connectivity index (χ3n) is 3.30. The van der Waals surface area contributed by atoms with Crippen LogP contribution in [-0.4, -0.2) is 12.6 Å². The van der Waals surface area contributed by atoms with Gasteiger partial charge >= 0.3 is 27.0 Å². The predicted octanol–water partition coefficient (Wildman–Crippen LogP) is -12.8. The standard InChI is InChI=1S/C18H26O2.6ClH.W/c1-2-3-4-5-6-7-8-9-13-16-20-18(19)17-14-11-10-12-15-17;;;;;;;/h2,10-12,14-15H,1,3-9,13,16H2;6*1H;/q;;;;;;;+6/p-6. The first-order chi connectivity index (χ1) is 9.84. The molecular formula is C18H26Cl6O2W. The summed E-state index contributed by atoms with van der Waals surface area (Å²) < 4.78 is 5.24. The largest absolute Gasteiger partial charge is 6.00 e. The van der Waals surface area contributed by atoms with E-state index in [0.717, 1.165) is 19.3 Å². The summed E-state index contributed by atoms with van der Waals surface area (Å²) in [6.45, 7) is 4.25. The Labute approximate surface area is 216 Å². The van der Waals surface area contributed by atoms with Crippen molar-refractivity contribution in [2.45, 2.75) is 51.4 Å². The first-order valence-corrected chi connectivity index (χ1v) is 7.67. The molecule has 0 saturated carbocycles. The number of unbranched alkanes of at least 4 members (excludes halogenated alkanes) is 7. The third-order valence-corrected chi connectivity index (χ3v) is 3.30. The Balaban J connectivity index is -0.000000114. The van der Waals surface area contributed by atoms with Crippen LogP contribution in [0.5, 0.6) is 0 Å². The van der Waals surface area contributed by atoms with E-state index in [4.69, 9.17) is 4.74 Å². The van der Waals surface area contributed by atoms with Crippen LogP contribution < -0.4 is 74.4 Å². The van der Waals surface area contributed by atoms with E-state index < -0.39 is 0 Å². The maximum absolute atomic E-state index is 11.6. The van der Waals surface area contributed by atoms with E-state index in [2.05, 4.69) is 6.58 Å². The molecule has 0 bridgehead atoms. The van der Waals surface area contributed by atoms with Gasteiger partial charge in [0.2, 0.25) is 0 Å². The molecule has 0 aliphatic rings. The smallest absolute Gasteiger partial charge is 1.00 e. The van der Waals surface area contributed by atoms with Crippen molar-refractivity contribution in [3.63, 3.8) is 0 Å². The molecule has 27 heavy (non-hydrogen) atoms. The van der Waals surface area contributed by atoms with Gasteiger partial charge in [-0.3, -0.25) is 0 Å². The summed E-state index contributed by atoms with van der Waals surface area (Å²) in [6.07, 6.45) is 11.6. The molecule has 0 unspecified atom stereocenters. The van der Waals surface area contributed by atoms with Crippen molar-refractivity contribution in [2.75, 3.05) is 6.61 Å². The molecule has 0 aliphatic carbocycles. The fourth-order valence-corrected chi connectivity index (χ4v) is 2.10. The van der Waals surface area contributed by atoms with Gasteiger partial charge in [0.1, 0.15) is 0 Å². The number of halogens is 6. The average Bonchev–Trinajstić information content (AvgIpc) is 2.50. The van der Waals surface area contributed by atoms with Crippen LogP contribution in [0.4, 0.5) is 0 Å². The molecule has 0 spiro atoms. The van der Waals surface area contributed by atoms with Crippen molar-refractivity contribution in [3.05, 3.63) is 48.6 Å². The minimum absolute atomic E-state index is 0. The zero-order valence-corrected chi connectivity index (χ0v) is 22.5. The van der Waals surface area contributed by atoms with Gasteiger partial charge in [0.05, 0.1) is 12.2 Å². The quantitative estimate of drug-likeness (QED) is 0.133. The Morgan fingerprint density at radius 2 is 1.22 bits per heavy atom. The molecular weight excluding hydrogens is 645 g/mol. The minimum atomic E-state index is -0.213. The Kier molecular flexibility index (Phi) is 58.8. The van der Waals surface area contributed by atoms with Gasteiger partial charge in [-0.05, 0) is 31.4 Å². The SMILES string of the molecule is C=CCCCCCCCCCOC(=O)c1ccccc1.[Cl-].[Cl-].[Cl-].[Cl-].[Cl-].[Cl-].[W+6]. The topological polar surface area (TPSA) is 26.3 Å². The van der Waals surface area contributed by atoms with Crippen molar-refractivity contribution in [1.29, 1.82) is 0 Å². The predicted molar refractivity (Wildman–Crippen MR) is 83.9 cm³/mol. The van der Waals surface area contributed by atoms with Crippen LogP contribution in [0.3, 0.4) is 0 Å². The fourth-order valence-electron chi connectivity index (χ4n) is 2.10. The van der Waals surface area contributed by atoms with Crippen LogP contribution in [0.2, 0.25) is 0 Å². The second kappa shape index (κ2) is 34.4. The average molecular weight is 671 g/mol. The van der Waals surface area contributed by atoms with E-state index in [0.29, 0.717) is 12.2 Å². The zero-order valence-electron chi connectivity index (χ0n) is 15.0. The molecule has 1 aromatic rings. The molecule has 0 aliphatic heterocycles. The van der Waals surface area contributed by atoms with Gasteiger partial charge in [-0.2, -0.15) is 0 Å². The molecule has 0 atom stereocenters. The summed E-state index contributed by atoms with van der Waals surface area (Å²) in [4.78, 5) is 11.6. The first-order valence-electron chi connectivity index (χ1n) is 7.67. The summed E-state index contributed by atoms with van der Waals surface area (Å²) in [5, 5.41) is 0. The molecule has 1 aromatic carbocycles. The summed E-state index contributed by atoms with van der Waals surface area (Å²) >= 11 is 0. The number of carbonyl (C=O) groups excluding carboxylic acids is 1. The maximum atomic E-state index is 11.6. The van der Waals surface area contributed by atoms with Gasteiger partial charge in [-0.1, -0.05) is 56.4 Å². The Morgan fingerprint density at radius 3 is 1.70 bits per heavy atom. The molecule has 158 valence electrons. The molecule has 0 radical (unpaired) electrons. The molecule has 0 aromatic heterocycles. The fraction of sp³-hybridized carbons (Fsp3) is 0.500. The number of rotatable bonds is 11. The van der Waals surface area contributed by atoms with Gasteiger partial charge in [-0.15, -0.1) is 6.58 Å². The van der Waals surface area contributed by atoms with E-state index in [1.54, 1.807) is 12.1 Å². The number of hydrogen-bond acceptors (Lipinski definition) is 2. The van der Waals surface area contributed by atoms with Gasteiger partial charge in [0, 0.05) is 0 Å². The molecule has 0 fully saturated rings. The molecule has 2 nitrogen and oxygen atoms in total. The number of esters is 1. The van der Waals surface area contributed by atoms with Crippen LogP contribution in [0, 0.1) is 0 Å². The molecule has 0 N–H and O–H groups in total. The van der Waals surface area contributed by atoms with E-state index in [1.165, 1.54) is 32.1 Å². The summed E-state index contributed by atoms with van der Waals surface area (Å²) in [5.74, 6) is -0.213. The summed E-state index contributed by atoms with van der Waals surface area (Å²) in [6, 6.07) is 9.16. The van der Waals surface area contributed by atoms with Gasteiger partial charge in [0.25, 0.3) is 0 Å². The van der Waals surface area contributed by atoms with Crippen LogP contribution in [-0.2, 0) is 25.8 Å². The van der Waals surface area contributed by atoms with E-state index >= 15 is 0 Å². The van der Waals surface area contributed by atoms with E-state index in [1.807, 2.05) is 24.3 Å². The van der Waals surface area contributed by atoms with Gasteiger partial charge in [0.15, 0.2) is 0 Å². The van der Waals surface area contributed by atoms with E-state index in [-0.39, 0.29) is 101 Å². The van der Waals surface area contributed by atoms with Gasteiger partial charge in [-0.25, -0.2) is 4.79 Å². The van der Waals surface area contributed by atoms with Crippen molar-refractivity contribution in [2.24, 2.45) is 0 Å². The maximum Gasteiger partial charge on any atom is 6.00 e. The number of ether oxygens (including phenoxy) is 1. The van der Waals surface area contributed by atoms with Crippen molar-refractivity contribution in [3.8, 4) is 0 Å². The molecule has 9 heteroatoms. The number of carbonyl (C=O) groups is 1. The number of allylic oxidation sites excluding steroid dienone is 1. The molecule has 1 rings (SSSR count). The molecule has 0 amide bonds. The van der Waals surface area contributed by atoms with Crippen LogP contribution in [0.25, 0.3) is 0 Å². The first kappa shape index (κ1) is 46.2. The Hall–Kier alpha value is 0.858. The normalized spacial score (nSPS) is 7.56. The van der Waals surface area contributed by atoms with Crippen LogP contribution in [0.15, 0.2) is 43.0 Å². The van der Waals surface area contributed by atoms with Crippen LogP contribution >= 0.6 is 0 Å². The second-order valence-corrected chi connectivity index (χ2v) is 5.05. The second-order valence-electron chi connectivity index (χ2n) is 5.05. The third kappa shape index (κ3) is 26.9. The van der Waals surface area contributed by atoms with Crippen molar-refractivity contribution >= 4 is 5.97 Å². The van der Waals surface area contributed by atoms with Crippen LogP contribution in [0.1, 0.15) is 61.7 Å². The Morgan fingerprint density at radius 1 is 0.778 bits per heavy atom. The molecule has 0 heterocycles. The summed E-state index contributed by atoms with van der Waals surface area (Å²) in [7, 11) is 0. The number of benzene rings is 1. The zero-order chi connectivity index (χ0) is 14.5. The number of hydrogen-bond donors (Lipinski definition) is 0. The van der Waals surface area contributed by atoms with Crippen molar-refractivity contribution < 1.29 is 105 Å². The van der Waals surface area contributed by atoms with Crippen molar-refractivity contribution in [1.82, 2.24) is 0 Å². The monoisotopic (exact) mass is 668 g/mol. The minimum Gasteiger partial charge on any atom is -1.00 e. The van der Waals surface area contributed by atoms with Gasteiger partial charge < -0.3 is 79.2 Å². The summed E-state index contributed by atoms with van der Waals surface area (Å²) in [5.41, 5.74) is 0.634.